The van der Waals surface area contributed by atoms with Crippen LogP contribution in [0.5, 0.6) is 0 Å². The van der Waals surface area contributed by atoms with E-state index in [9.17, 15) is 4.79 Å². The van der Waals surface area contributed by atoms with Gasteiger partial charge in [-0.05, 0) is 5.56 Å². The minimum atomic E-state index is -0.809. The van der Waals surface area contributed by atoms with Gasteiger partial charge in [0.25, 0.3) is 5.78 Å². The number of hydrogen-bond acceptors (Lipinski definition) is 3. The molecule has 0 aliphatic carbocycles. The highest BCUT2D eigenvalue weighted by molar-refractivity contribution is 5.98. The summed E-state index contributed by atoms with van der Waals surface area (Å²) in [6.45, 7) is 0. The van der Waals surface area contributed by atoms with Crippen molar-refractivity contribution in [2.45, 2.75) is 6.04 Å². The predicted octanol–water partition coefficient (Wildman–Crippen LogP) is 0.779. The molecule has 0 saturated heterocycles. The molecule has 0 aromatic heterocycles. The summed E-state index contributed by atoms with van der Waals surface area (Å²) in [5, 5.41) is 8.29. The molecule has 1 unspecified atom stereocenters. The van der Waals surface area contributed by atoms with E-state index in [4.69, 9.17) is 11.0 Å². The highest BCUT2D eigenvalue weighted by atomic mass is 16.1. The monoisotopic (exact) mass is 160 g/mol. The second-order valence-corrected chi connectivity index (χ2v) is 2.36. The van der Waals surface area contributed by atoms with Gasteiger partial charge in [-0.3, -0.25) is 4.79 Å². The lowest BCUT2D eigenvalue weighted by Gasteiger charge is -2.04. The van der Waals surface area contributed by atoms with E-state index in [0.29, 0.717) is 5.56 Å². The van der Waals surface area contributed by atoms with Crippen LogP contribution in [0.25, 0.3) is 0 Å². The van der Waals surface area contributed by atoms with Crippen LogP contribution in [0.4, 0.5) is 0 Å². The van der Waals surface area contributed by atoms with E-state index in [-0.39, 0.29) is 0 Å². The van der Waals surface area contributed by atoms with Gasteiger partial charge in [-0.25, -0.2) is 0 Å². The topological polar surface area (TPSA) is 66.9 Å². The van der Waals surface area contributed by atoms with Gasteiger partial charge in [-0.2, -0.15) is 5.26 Å². The standard InChI is InChI=1S/C9H8N2O/c10-6-8(12)9(11)7-4-2-1-3-5-7/h1-5,9H,11H2. The van der Waals surface area contributed by atoms with Gasteiger partial charge in [0.2, 0.25) is 0 Å². The summed E-state index contributed by atoms with van der Waals surface area (Å²) in [4.78, 5) is 10.8. The zero-order chi connectivity index (χ0) is 8.97. The molecule has 60 valence electrons. The van der Waals surface area contributed by atoms with E-state index in [2.05, 4.69) is 0 Å². The zero-order valence-corrected chi connectivity index (χ0v) is 6.40. The SMILES string of the molecule is N#CC(=O)C(N)c1ccccc1. The lowest BCUT2D eigenvalue weighted by Crippen LogP contribution is -2.19. The number of ketones is 1. The zero-order valence-electron chi connectivity index (χ0n) is 6.40. The Morgan fingerprint density at radius 2 is 2.00 bits per heavy atom. The summed E-state index contributed by atoms with van der Waals surface area (Å²) in [5.41, 5.74) is 6.15. The van der Waals surface area contributed by atoms with Gasteiger partial charge in [-0.15, -0.1) is 0 Å². The van der Waals surface area contributed by atoms with Crippen molar-refractivity contribution >= 4 is 5.78 Å². The van der Waals surface area contributed by atoms with Crippen molar-refractivity contribution in [3.05, 3.63) is 35.9 Å². The highest BCUT2D eigenvalue weighted by Gasteiger charge is 2.13. The molecule has 0 spiro atoms. The normalized spacial score (nSPS) is 11.7. The van der Waals surface area contributed by atoms with Crippen LogP contribution in [0.3, 0.4) is 0 Å². The van der Waals surface area contributed by atoms with Crippen LogP contribution in [0, 0.1) is 11.3 Å². The molecule has 3 nitrogen and oxygen atoms in total. The second kappa shape index (κ2) is 3.65. The van der Waals surface area contributed by atoms with Crippen molar-refractivity contribution in [1.29, 1.82) is 5.26 Å². The molecular formula is C9H8N2O. The smallest absolute Gasteiger partial charge is 0.253 e. The largest absolute Gasteiger partial charge is 0.317 e. The Labute approximate surface area is 70.4 Å². The average molecular weight is 160 g/mol. The van der Waals surface area contributed by atoms with Gasteiger partial charge in [0.1, 0.15) is 12.1 Å². The second-order valence-electron chi connectivity index (χ2n) is 2.36. The lowest BCUT2D eigenvalue weighted by molar-refractivity contribution is -0.115. The van der Waals surface area contributed by atoms with E-state index in [1.807, 2.05) is 6.07 Å². The van der Waals surface area contributed by atoms with E-state index < -0.39 is 11.8 Å². The number of hydrogen-bond donors (Lipinski definition) is 1. The van der Waals surface area contributed by atoms with Gasteiger partial charge in [0, 0.05) is 0 Å². The third-order valence-corrected chi connectivity index (χ3v) is 1.55. The van der Waals surface area contributed by atoms with E-state index in [1.54, 1.807) is 24.3 Å². The Morgan fingerprint density at radius 3 is 2.50 bits per heavy atom. The van der Waals surface area contributed by atoms with Crippen LogP contribution >= 0.6 is 0 Å². The number of Topliss-reactive ketones (excluding diaryl/α,β-unsaturated/α-hetero) is 1. The van der Waals surface area contributed by atoms with Crippen molar-refractivity contribution in [3.8, 4) is 6.07 Å². The summed E-state index contributed by atoms with van der Waals surface area (Å²) >= 11 is 0. The predicted molar refractivity (Wildman–Crippen MR) is 44.0 cm³/mol. The molecule has 3 heteroatoms. The van der Waals surface area contributed by atoms with Crippen LogP contribution < -0.4 is 5.73 Å². The highest BCUT2D eigenvalue weighted by Crippen LogP contribution is 2.09. The molecule has 0 heterocycles. The maximum atomic E-state index is 10.8. The van der Waals surface area contributed by atoms with Crippen molar-refractivity contribution in [2.75, 3.05) is 0 Å². The van der Waals surface area contributed by atoms with Crippen LogP contribution in [-0.4, -0.2) is 5.78 Å². The number of carbonyl (C=O) groups excluding carboxylic acids is 1. The summed E-state index contributed by atoms with van der Waals surface area (Å²) in [6, 6.07) is 9.52. The quantitative estimate of drug-likeness (QED) is 0.650. The van der Waals surface area contributed by atoms with Crippen LogP contribution in [0.2, 0.25) is 0 Å². The number of nitrogens with two attached hydrogens (primary N) is 1. The minimum absolute atomic E-state index is 0.610. The maximum Gasteiger partial charge on any atom is 0.253 e. The van der Waals surface area contributed by atoms with E-state index in [1.165, 1.54) is 6.07 Å². The summed E-state index contributed by atoms with van der Waals surface area (Å²) < 4.78 is 0. The Hall–Kier alpha value is -1.66. The lowest BCUT2D eigenvalue weighted by atomic mass is 10.1. The fourth-order valence-electron chi connectivity index (χ4n) is 0.881. The van der Waals surface area contributed by atoms with Crippen molar-refractivity contribution < 1.29 is 4.79 Å². The van der Waals surface area contributed by atoms with Crippen molar-refractivity contribution in [1.82, 2.24) is 0 Å². The first-order valence-electron chi connectivity index (χ1n) is 3.50. The Bertz CT molecular complexity index is 313. The minimum Gasteiger partial charge on any atom is -0.317 e. The molecule has 12 heavy (non-hydrogen) atoms. The Balaban J connectivity index is 2.87. The van der Waals surface area contributed by atoms with Gasteiger partial charge < -0.3 is 5.73 Å². The first kappa shape index (κ1) is 8.44. The third kappa shape index (κ3) is 1.68. The number of rotatable bonds is 2. The first-order valence-corrected chi connectivity index (χ1v) is 3.50. The van der Waals surface area contributed by atoms with E-state index in [0.717, 1.165) is 0 Å². The number of nitriles is 1. The molecule has 0 bridgehead atoms. The van der Waals surface area contributed by atoms with Gasteiger partial charge >= 0.3 is 0 Å². The Kier molecular flexibility index (Phi) is 2.57. The molecule has 0 amide bonds. The molecule has 1 aromatic carbocycles. The summed E-state index contributed by atoms with van der Waals surface area (Å²) in [6.07, 6.45) is 0. The molecule has 1 rings (SSSR count). The van der Waals surface area contributed by atoms with Crippen molar-refractivity contribution in [2.24, 2.45) is 5.73 Å². The molecule has 0 radical (unpaired) electrons. The first-order chi connectivity index (χ1) is 5.75. The van der Waals surface area contributed by atoms with Crippen LogP contribution in [-0.2, 0) is 4.79 Å². The van der Waals surface area contributed by atoms with Gasteiger partial charge in [0.15, 0.2) is 0 Å². The van der Waals surface area contributed by atoms with Crippen LogP contribution in [0.1, 0.15) is 11.6 Å². The Morgan fingerprint density at radius 1 is 1.42 bits per heavy atom. The molecule has 1 atom stereocenters. The molecule has 1 aromatic rings. The fourth-order valence-corrected chi connectivity index (χ4v) is 0.881. The molecule has 0 fully saturated rings. The van der Waals surface area contributed by atoms with Gasteiger partial charge in [0.05, 0.1) is 0 Å². The third-order valence-electron chi connectivity index (χ3n) is 1.55. The number of nitrogens with zero attached hydrogens (tertiary/aromatic N) is 1. The summed E-state index contributed by atoms with van der Waals surface area (Å²) in [5.74, 6) is -0.610. The van der Waals surface area contributed by atoms with Crippen LogP contribution in [0.15, 0.2) is 30.3 Å². The molecule has 0 aliphatic heterocycles. The number of benzene rings is 1. The molecule has 2 N–H and O–H groups in total. The summed E-state index contributed by atoms with van der Waals surface area (Å²) in [7, 11) is 0. The van der Waals surface area contributed by atoms with Crippen molar-refractivity contribution in [3.63, 3.8) is 0 Å². The number of carbonyl (C=O) groups is 1. The van der Waals surface area contributed by atoms with E-state index >= 15 is 0 Å². The fraction of sp³-hybridized carbons (Fsp3) is 0.111. The van der Waals surface area contributed by atoms with Gasteiger partial charge in [-0.1, -0.05) is 30.3 Å². The molecule has 0 aliphatic rings. The maximum absolute atomic E-state index is 10.8. The molecular weight excluding hydrogens is 152 g/mol. The molecule has 0 saturated carbocycles. The average Bonchev–Trinajstić information content (AvgIpc) is 2.17.